The number of aromatic nitrogens is 3. The highest BCUT2D eigenvalue weighted by molar-refractivity contribution is 5.70. The van der Waals surface area contributed by atoms with Crippen LogP contribution in [0.1, 0.15) is 13.0 Å². The second-order valence-electron chi connectivity index (χ2n) is 3.26. The third-order valence-corrected chi connectivity index (χ3v) is 2.27. The number of imidazole rings is 1. The maximum Gasteiger partial charge on any atom is 0.327 e. The molecule has 0 bridgehead atoms. The van der Waals surface area contributed by atoms with Crippen LogP contribution in [0.5, 0.6) is 0 Å². The third kappa shape index (κ3) is 1.22. The van der Waals surface area contributed by atoms with Gasteiger partial charge in [-0.15, -0.1) is 0 Å². The van der Waals surface area contributed by atoms with Crippen molar-refractivity contribution in [3.8, 4) is 0 Å². The highest BCUT2D eigenvalue weighted by atomic mass is 16.1. The molecule has 0 aliphatic carbocycles. The van der Waals surface area contributed by atoms with Crippen molar-refractivity contribution in [2.45, 2.75) is 13.0 Å². The fourth-order valence-corrected chi connectivity index (χ4v) is 1.50. The van der Waals surface area contributed by atoms with Crippen molar-refractivity contribution in [1.82, 2.24) is 14.5 Å². The SMILES string of the molecule is CC(CN)n1c(=O)[nH]c2ncccc21. The first kappa shape index (κ1) is 8.96. The number of fused-ring (bicyclic) bond motifs is 1. The molecule has 5 nitrogen and oxygen atoms in total. The molecule has 0 fully saturated rings. The molecule has 14 heavy (non-hydrogen) atoms. The number of rotatable bonds is 2. The number of hydrogen-bond donors (Lipinski definition) is 2. The van der Waals surface area contributed by atoms with Crippen LogP contribution in [0.3, 0.4) is 0 Å². The molecule has 0 aliphatic heterocycles. The van der Waals surface area contributed by atoms with Crippen molar-refractivity contribution in [3.05, 3.63) is 28.8 Å². The standard InChI is InChI=1S/C9H12N4O/c1-6(5-10)13-7-3-2-4-11-8(7)12-9(13)14/h2-4,6H,5,10H2,1H3,(H,11,12,14). The van der Waals surface area contributed by atoms with E-state index in [0.717, 1.165) is 5.52 Å². The molecule has 2 aromatic heterocycles. The lowest BCUT2D eigenvalue weighted by atomic mass is 10.3. The first-order valence-corrected chi connectivity index (χ1v) is 4.49. The molecular weight excluding hydrogens is 180 g/mol. The van der Waals surface area contributed by atoms with Crippen LogP contribution in [-0.2, 0) is 0 Å². The van der Waals surface area contributed by atoms with E-state index in [4.69, 9.17) is 5.73 Å². The van der Waals surface area contributed by atoms with E-state index < -0.39 is 0 Å². The van der Waals surface area contributed by atoms with Gasteiger partial charge in [-0.2, -0.15) is 0 Å². The van der Waals surface area contributed by atoms with Gasteiger partial charge < -0.3 is 5.73 Å². The van der Waals surface area contributed by atoms with E-state index in [1.54, 1.807) is 16.8 Å². The maximum atomic E-state index is 11.6. The molecule has 2 rings (SSSR count). The molecule has 0 amide bonds. The molecule has 0 saturated heterocycles. The van der Waals surface area contributed by atoms with Crippen LogP contribution in [0.25, 0.3) is 11.2 Å². The summed E-state index contributed by atoms with van der Waals surface area (Å²) in [5, 5.41) is 0. The number of nitrogens with two attached hydrogens (primary N) is 1. The van der Waals surface area contributed by atoms with Gasteiger partial charge >= 0.3 is 5.69 Å². The Bertz CT molecular complexity index is 499. The summed E-state index contributed by atoms with van der Waals surface area (Å²) in [5.74, 6) is 0. The van der Waals surface area contributed by atoms with Crippen LogP contribution in [0.15, 0.2) is 23.1 Å². The molecule has 0 aliphatic rings. The summed E-state index contributed by atoms with van der Waals surface area (Å²) in [5.41, 5.74) is 6.78. The van der Waals surface area contributed by atoms with Gasteiger partial charge in [0.05, 0.1) is 5.52 Å². The van der Waals surface area contributed by atoms with Crippen LogP contribution in [0.4, 0.5) is 0 Å². The Morgan fingerprint density at radius 1 is 1.71 bits per heavy atom. The van der Waals surface area contributed by atoms with Gasteiger partial charge in [0.15, 0.2) is 5.65 Å². The molecule has 0 saturated carbocycles. The normalized spacial score (nSPS) is 13.3. The van der Waals surface area contributed by atoms with Crippen molar-refractivity contribution in [2.75, 3.05) is 6.54 Å². The van der Waals surface area contributed by atoms with Gasteiger partial charge in [-0.1, -0.05) is 0 Å². The third-order valence-electron chi connectivity index (χ3n) is 2.27. The Morgan fingerprint density at radius 2 is 2.50 bits per heavy atom. The van der Waals surface area contributed by atoms with E-state index in [0.29, 0.717) is 12.2 Å². The number of aromatic amines is 1. The molecule has 1 unspecified atom stereocenters. The first-order chi connectivity index (χ1) is 6.74. The second-order valence-corrected chi connectivity index (χ2v) is 3.26. The number of H-pyrrole nitrogens is 1. The summed E-state index contributed by atoms with van der Waals surface area (Å²) in [6.07, 6.45) is 1.65. The monoisotopic (exact) mass is 192 g/mol. The minimum absolute atomic E-state index is 0.0135. The predicted octanol–water partition coefficient (Wildman–Crippen LogP) is 0.244. The Morgan fingerprint density at radius 3 is 3.21 bits per heavy atom. The lowest BCUT2D eigenvalue weighted by Gasteiger charge is -2.09. The van der Waals surface area contributed by atoms with Crippen molar-refractivity contribution >= 4 is 11.2 Å². The summed E-state index contributed by atoms with van der Waals surface area (Å²) >= 11 is 0. The fraction of sp³-hybridized carbons (Fsp3) is 0.333. The molecule has 74 valence electrons. The summed E-state index contributed by atoms with van der Waals surface area (Å²) in [6, 6.07) is 3.64. The zero-order chi connectivity index (χ0) is 10.1. The van der Waals surface area contributed by atoms with Gasteiger partial charge in [-0.25, -0.2) is 9.78 Å². The predicted molar refractivity (Wildman–Crippen MR) is 54.1 cm³/mol. The van der Waals surface area contributed by atoms with Crippen LogP contribution < -0.4 is 11.4 Å². The number of nitrogens with zero attached hydrogens (tertiary/aromatic N) is 2. The zero-order valence-electron chi connectivity index (χ0n) is 7.90. The minimum atomic E-state index is -0.156. The smallest absolute Gasteiger partial charge is 0.327 e. The Balaban J connectivity index is 2.74. The molecule has 2 heterocycles. The molecule has 0 radical (unpaired) electrons. The van der Waals surface area contributed by atoms with Crippen molar-refractivity contribution in [1.29, 1.82) is 0 Å². The lowest BCUT2D eigenvalue weighted by molar-refractivity contribution is 0.557. The average molecular weight is 192 g/mol. The molecule has 1 atom stereocenters. The highest BCUT2D eigenvalue weighted by Crippen LogP contribution is 2.10. The van der Waals surface area contributed by atoms with Gasteiger partial charge in [-0.05, 0) is 19.1 Å². The Kier molecular flexibility index (Phi) is 2.09. The van der Waals surface area contributed by atoms with Gasteiger partial charge in [-0.3, -0.25) is 9.55 Å². The van der Waals surface area contributed by atoms with Crippen LogP contribution in [0.2, 0.25) is 0 Å². The molecule has 3 N–H and O–H groups in total. The highest BCUT2D eigenvalue weighted by Gasteiger charge is 2.11. The van der Waals surface area contributed by atoms with Gasteiger partial charge in [0, 0.05) is 18.8 Å². The van der Waals surface area contributed by atoms with E-state index in [1.165, 1.54) is 0 Å². The number of nitrogens with one attached hydrogen (secondary N) is 1. The van der Waals surface area contributed by atoms with E-state index in [9.17, 15) is 4.79 Å². The largest absolute Gasteiger partial charge is 0.328 e. The summed E-state index contributed by atoms with van der Waals surface area (Å²) in [4.78, 5) is 18.3. The maximum absolute atomic E-state index is 11.6. The van der Waals surface area contributed by atoms with Gasteiger partial charge in [0.2, 0.25) is 0 Å². The summed E-state index contributed by atoms with van der Waals surface area (Å²) < 4.78 is 1.63. The average Bonchev–Trinajstić information content (AvgIpc) is 2.53. The number of pyridine rings is 1. The van der Waals surface area contributed by atoms with Crippen LogP contribution >= 0.6 is 0 Å². The fourth-order valence-electron chi connectivity index (χ4n) is 1.50. The molecule has 0 spiro atoms. The molecule has 0 aromatic carbocycles. The van der Waals surface area contributed by atoms with Crippen molar-refractivity contribution in [2.24, 2.45) is 5.73 Å². The van der Waals surface area contributed by atoms with Crippen molar-refractivity contribution in [3.63, 3.8) is 0 Å². The zero-order valence-corrected chi connectivity index (χ0v) is 7.90. The minimum Gasteiger partial charge on any atom is -0.328 e. The molecular formula is C9H12N4O. The molecule has 2 aromatic rings. The number of hydrogen-bond acceptors (Lipinski definition) is 3. The Hall–Kier alpha value is -1.62. The molecule has 5 heteroatoms. The quantitative estimate of drug-likeness (QED) is 0.715. The van der Waals surface area contributed by atoms with E-state index in [1.807, 2.05) is 13.0 Å². The Labute approximate surface area is 80.6 Å². The van der Waals surface area contributed by atoms with Crippen LogP contribution in [-0.4, -0.2) is 21.1 Å². The van der Waals surface area contributed by atoms with E-state index in [2.05, 4.69) is 9.97 Å². The first-order valence-electron chi connectivity index (χ1n) is 4.49. The van der Waals surface area contributed by atoms with Gasteiger partial charge in [0.25, 0.3) is 0 Å². The lowest BCUT2D eigenvalue weighted by Crippen LogP contribution is -2.25. The van der Waals surface area contributed by atoms with Gasteiger partial charge in [0.1, 0.15) is 0 Å². The van der Waals surface area contributed by atoms with E-state index >= 15 is 0 Å². The summed E-state index contributed by atoms with van der Waals surface area (Å²) in [7, 11) is 0. The second kappa shape index (κ2) is 3.26. The van der Waals surface area contributed by atoms with Crippen LogP contribution in [0, 0.1) is 0 Å². The summed E-state index contributed by atoms with van der Waals surface area (Å²) in [6.45, 7) is 2.34. The topological polar surface area (TPSA) is 76.7 Å². The van der Waals surface area contributed by atoms with E-state index in [-0.39, 0.29) is 11.7 Å². The van der Waals surface area contributed by atoms with Crippen molar-refractivity contribution < 1.29 is 0 Å².